The number of hydrogen-bond acceptors (Lipinski definition) is 2. The second-order valence-corrected chi connectivity index (χ2v) is 5.26. The zero-order valence-electron chi connectivity index (χ0n) is 13.0. The monoisotopic (exact) mass is 300 g/mol. The molecule has 5 nitrogen and oxygen atoms in total. The van der Waals surface area contributed by atoms with E-state index in [1.165, 1.54) is 0 Å². The maximum absolute atomic E-state index is 11.9. The van der Waals surface area contributed by atoms with Crippen LogP contribution in [0, 0.1) is 0 Å². The number of nitrogens with zero attached hydrogens (tertiary/aromatic N) is 1. The first-order valence-corrected chi connectivity index (χ1v) is 7.75. The molecule has 0 aromatic heterocycles. The Morgan fingerprint density at radius 3 is 2.50 bits per heavy atom. The molecule has 22 heavy (non-hydrogen) atoms. The molecule has 0 spiro atoms. The molecular weight excluding hydrogens is 276 g/mol. The molecule has 0 heterocycles. The Kier molecular flexibility index (Phi) is 6.48. The van der Waals surface area contributed by atoms with Crippen LogP contribution >= 0.6 is 0 Å². The van der Waals surface area contributed by atoms with Crippen molar-refractivity contribution >= 4 is 11.9 Å². The van der Waals surface area contributed by atoms with E-state index in [2.05, 4.69) is 33.1 Å². The lowest BCUT2D eigenvalue weighted by Gasteiger charge is -2.16. The van der Waals surface area contributed by atoms with Gasteiger partial charge in [-0.05, 0) is 31.4 Å². The van der Waals surface area contributed by atoms with Gasteiger partial charge in [0, 0.05) is 31.7 Å². The molecule has 1 aromatic rings. The minimum absolute atomic E-state index is 0.0277. The molecule has 0 aliphatic heterocycles. The molecule has 0 fully saturated rings. The normalized spacial score (nSPS) is 14.9. The van der Waals surface area contributed by atoms with Crippen LogP contribution in [0.3, 0.4) is 0 Å². The quantitative estimate of drug-likeness (QED) is 0.324. The van der Waals surface area contributed by atoms with Crippen LogP contribution in [0.4, 0.5) is 0 Å². The van der Waals surface area contributed by atoms with Gasteiger partial charge in [0.25, 0.3) is 5.91 Å². The second-order valence-electron chi connectivity index (χ2n) is 5.26. The van der Waals surface area contributed by atoms with E-state index < -0.39 is 0 Å². The summed E-state index contributed by atoms with van der Waals surface area (Å²) in [6, 6.07) is 9.71. The van der Waals surface area contributed by atoms with Crippen molar-refractivity contribution in [2.75, 3.05) is 20.1 Å². The van der Waals surface area contributed by atoms with E-state index >= 15 is 0 Å². The number of nitrogens with one attached hydrogen (secondary N) is 3. The Balaban J connectivity index is 1.59. The molecule has 0 bridgehead atoms. The molecule has 3 N–H and O–H groups in total. The summed E-state index contributed by atoms with van der Waals surface area (Å²) in [5.41, 5.74) is 0.696. The van der Waals surface area contributed by atoms with Crippen molar-refractivity contribution in [1.82, 2.24) is 16.0 Å². The fourth-order valence-electron chi connectivity index (χ4n) is 2.31. The lowest BCUT2D eigenvalue weighted by molar-refractivity contribution is 0.0953. The fourth-order valence-corrected chi connectivity index (χ4v) is 2.31. The molecule has 0 saturated carbocycles. The molecule has 1 aliphatic rings. The van der Waals surface area contributed by atoms with Gasteiger partial charge in [0.2, 0.25) is 0 Å². The number of benzene rings is 1. The van der Waals surface area contributed by atoms with Crippen LogP contribution in [-0.2, 0) is 0 Å². The third-order valence-electron chi connectivity index (χ3n) is 3.54. The van der Waals surface area contributed by atoms with Crippen LogP contribution in [0.15, 0.2) is 47.5 Å². The summed E-state index contributed by atoms with van der Waals surface area (Å²) in [5.74, 6) is 0.795. The molecule has 5 heteroatoms. The second kappa shape index (κ2) is 8.87. The molecule has 2 rings (SSSR count). The van der Waals surface area contributed by atoms with E-state index in [-0.39, 0.29) is 5.91 Å². The van der Waals surface area contributed by atoms with Gasteiger partial charge in [-0.15, -0.1) is 0 Å². The average molecular weight is 300 g/mol. The lowest BCUT2D eigenvalue weighted by Crippen LogP contribution is -2.43. The fraction of sp³-hybridized carbons (Fsp3) is 0.412. The number of amides is 1. The molecule has 1 aromatic carbocycles. The summed E-state index contributed by atoms with van der Waals surface area (Å²) in [5, 5.41) is 9.56. The highest BCUT2D eigenvalue weighted by Crippen LogP contribution is 2.08. The molecule has 0 unspecified atom stereocenters. The van der Waals surface area contributed by atoms with Crippen molar-refractivity contribution in [2.45, 2.75) is 25.3 Å². The topological polar surface area (TPSA) is 65.5 Å². The SMILES string of the molecule is CN=C(NCCCNC(=O)c1ccccc1)NC1CC=CC1. The van der Waals surface area contributed by atoms with Gasteiger partial charge in [0.15, 0.2) is 5.96 Å². The first-order chi connectivity index (χ1) is 10.8. The van der Waals surface area contributed by atoms with Gasteiger partial charge in [-0.25, -0.2) is 0 Å². The minimum atomic E-state index is -0.0277. The van der Waals surface area contributed by atoms with Crippen LogP contribution in [0.25, 0.3) is 0 Å². The first kappa shape index (κ1) is 16.1. The summed E-state index contributed by atoms with van der Waals surface area (Å²) < 4.78 is 0. The molecule has 0 saturated heterocycles. The lowest BCUT2D eigenvalue weighted by atomic mass is 10.2. The van der Waals surface area contributed by atoms with Crippen molar-refractivity contribution in [3.8, 4) is 0 Å². The number of aliphatic imine (C=N–C) groups is 1. The Bertz CT molecular complexity index is 517. The Morgan fingerprint density at radius 2 is 1.82 bits per heavy atom. The Labute approximate surface area is 131 Å². The highest BCUT2D eigenvalue weighted by molar-refractivity contribution is 5.94. The summed E-state index contributed by atoms with van der Waals surface area (Å²) in [4.78, 5) is 16.1. The molecular formula is C17H24N4O. The average Bonchev–Trinajstić information content (AvgIpc) is 3.07. The minimum Gasteiger partial charge on any atom is -0.356 e. The predicted molar refractivity (Wildman–Crippen MR) is 90.1 cm³/mol. The molecule has 0 radical (unpaired) electrons. The van der Waals surface area contributed by atoms with E-state index in [0.29, 0.717) is 18.2 Å². The molecule has 1 aliphatic carbocycles. The van der Waals surface area contributed by atoms with Gasteiger partial charge in [0.05, 0.1) is 0 Å². The van der Waals surface area contributed by atoms with Crippen LogP contribution in [0.2, 0.25) is 0 Å². The summed E-state index contributed by atoms with van der Waals surface area (Å²) in [6.45, 7) is 1.41. The molecule has 1 amide bonds. The zero-order valence-corrected chi connectivity index (χ0v) is 13.0. The van der Waals surface area contributed by atoms with Crippen molar-refractivity contribution < 1.29 is 4.79 Å². The van der Waals surface area contributed by atoms with E-state index in [1.54, 1.807) is 7.05 Å². The van der Waals surface area contributed by atoms with Crippen molar-refractivity contribution in [1.29, 1.82) is 0 Å². The van der Waals surface area contributed by atoms with Crippen molar-refractivity contribution in [3.05, 3.63) is 48.0 Å². The number of carbonyl (C=O) groups is 1. The van der Waals surface area contributed by atoms with Gasteiger partial charge in [-0.2, -0.15) is 0 Å². The van der Waals surface area contributed by atoms with Crippen LogP contribution < -0.4 is 16.0 Å². The maximum Gasteiger partial charge on any atom is 0.251 e. The first-order valence-electron chi connectivity index (χ1n) is 7.75. The van der Waals surface area contributed by atoms with Gasteiger partial charge >= 0.3 is 0 Å². The van der Waals surface area contributed by atoms with E-state index in [9.17, 15) is 4.79 Å². The summed E-state index contributed by atoms with van der Waals surface area (Å²) in [7, 11) is 1.77. The zero-order chi connectivity index (χ0) is 15.6. The van der Waals surface area contributed by atoms with Gasteiger partial charge in [-0.3, -0.25) is 9.79 Å². The van der Waals surface area contributed by atoms with Crippen molar-refractivity contribution in [2.24, 2.45) is 4.99 Å². The number of hydrogen-bond donors (Lipinski definition) is 3. The summed E-state index contributed by atoms with van der Waals surface area (Å²) >= 11 is 0. The van der Waals surface area contributed by atoms with Crippen molar-refractivity contribution in [3.63, 3.8) is 0 Å². The number of carbonyl (C=O) groups excluding carboxylic acids is 1. The van der Waals surface area contributed by atoms with E-state index in [4.69, 9.17) is 0 Å². The largest absolute Gasteiger partial charge is 0.356 e. The maximum atomic E-state index is 11.9. The van der Waals surface area contributed by atoms with E-state index in [0.717, 1.165) is 31.8 Å². The van der Waals surface area contributed by atoms with Gasteiger partial charge in [-0.1, -0.05) is 30.4 Å². The van der Waals surface area contributed by atoms with Crippen LogP contribution in [-0.4, -0.2) is 38.0 Å². The Morgan fingerprint density at radius 1 is 1.14 bits per heavy atom. The van der Waals surface area contributed by atoms with E-state index in [1.807, 2.05) is 30.3 Å². The third-order valence-corrected chi connectivity index (χ3v) is 3.54. The van der Waals surface area contributed by atoms with Crippen LogP contribution in [0.5, 0.6) is 0 Å². The number of guanidine groups is 1. The number of rotatable bonds is 6. The Hall–Kier alpha value is -2.30. The summed E-state index contributed by atoms with van der Waals surface area (Å²) in [6.07, 6.45) is 7.32. The predicted octanol–water partition coefficient (Wildman–Crippen LogP) is 1.69. The van der Waals surface area contributed by atoms with Gasteiger partial charge < -0.3 is 16.0 Å². The smallest absolute Gasteiger partial charge is 0.251 e. The van der Waals surface area contributed by atoms with Crippen LogP contribution in [0.1, 0.15) is 29.6 Å². The molecule has 0 atom stereocenters. The van der Waals surface area contributed by atoms with Gasteiger partial charge in [0.1, 0.15) is 0 Å². The highest BCUT2D eigenvalue weighted by atomic mass is 16.1. The third kappa shape index (κ3) is 5.24. The highest BCUT2D eigenvalue weighted by Gasteiger charge is 2.11. The standard InChI is InChI=1S/C17H24N4O/c1-18-17(21-15-10-5-6-11-15)20-13-7-12-19-16(22)14-8-3-2-4-9-14/h2-6,8-9,15H,7,10-13H2,1H3,(H,19,22)(H2,18,20,21). The molecule has 118 valence electrons.